The number of methoxy groups -OCH3 is 1. The van der Waals surface area contributed by atoms with E-state index >= 15 is 0 Å². The third-order valence-electron chi connectivity index (χ3n) is 2.39. The van der Waals surface area contributed by atoms with Gasteiger partial charge in [0.15, 0.2) is 0 Å². The van der Waals surface area contributed by atoms with Gasteiger partial charge in [-0.1, -0.05) is 15.9 Å². The Kier molecular flexibility index (Phi) is 7.44. The van der Waals surface area contributed by atoms with Crippen LogP contribution in [-0.2, 0) is 17.3 Å². The van der Waals surface area contributed by atoms with Gasteiger partial charge in [0.1, 0.15) is 5.75 Å². The summed E-state index contributed by atoms with van der Waals surface area (Å²) in [5, 5.41) is 3.33. The molecular formula is C12H17Br2NO2S. The van der Waals surface area contributed by atoms with Crippen molar-refractivity contribution in [3.05, 3.63) is 26.6 Å². The van der Waals surface area contributed by atoms with Crippen molar-refractivity contribution in [3.8, 4) is 5.75 Å². The average molecular weight is 399 g/mol. The standard InChI is InChI=1S/C12H17Br2NO2S/c1-17-12-9(6-10(13)7-11(12)14)8-15-4-3-5-18(2)16/h6-7,15H,3-5,8H2,1-2H3. The minimum absolute atomic E-state index is 0.707. The predicted octanol–water partition coefficient (Wildman–Crippen LogP) is 3.08. The molecule has 0 aliphatic rings. The van der Waals surface area contributed by atoms with Gasteiger partial charge < -0.3 is 10.1 Å². The van der Waals surface area contributed by atoms with Crippen LogP contribution in [0.4, 0.5) is 0 Å². The van der Waals surface area contributed by atoms with E-state index in [2.05, 4.69) is 37.2 Å². The summed E-state index contributed by atoms with van der Waals surface area (Å²) in [4.78, 5) is 0. The Balaban J connectivity index is 2.53. The van der Waals surface area contributed by atoms with E-state index in [4.69, 9.17) is 4.74 Å². The van der Waals surface area contributed by atoms with E-state index in [0.29, 0.717) is 0 Å². The summed E-state index contributed by atoms with van der Waals surface area (Å²) in [6, 6.07) is 4.00. The minimum Gasteiger partial charge on any atom is -0.495 e. The van der Waals surface area contributed by atoms with E-state index in [0.717, 1.165) is 45.5 Å². The lowest BCUT2D eigenvalue weighted by molar-refractivity contribution is 0.405. The van der Waals surface area contributed by atoms with Crippen molar-refractivity contribution in [1.82, 2.24) is 5.32 Å². The second-order valence-corrected chi connectivity index (χ2v) is 7.21. The van der Waals surface area contributed by atoms with Gasteiger partial charge in [0, 0.05) is 39.4 Å². The van der Waals surface area contributed by atoms with Crippen molar-refractivity contribution < 1.29 is 8.95 Å². The first-order valence-corrected chi connectivity index (χ1v) is 8.88. The first-order chi connectivity index (χ1) is 8.54. The van der Waals surface area contributed by atoms with Gasteiger partial charge in [-0.05, 0) is 41.0 Å². The van der Waals surface area contributed by atoms with Crippen LogP contribution < -0.4 is 10.1 Å². The molecule has 1 atom stereocenters. The van der Waals surface area contributed by atoms with Gasteiger partial charge in [-0.3, -0.25) is 4.21 Å². The van der Waals surface area contributed by atoms with Crippen LogP contribution in [0.2, 0.25) is 0 Å². The third-order valence-corrected chi connectivity index (χ3v) is 4.30. The van der Waals surface area contributed by atoms with E-state index in [-0.39, 0.29) is 0 Å². The molecule has 1 unspecified atom stereocenters. The van der Waals surface area contributed by atoms with Gasteiger partial charge in [-0.2, -0.15) is 0 Å². The van der Waals surface area contributed by atoms with Gasteiger partial charge in [-0.15, -0.1) is 0 Å². The highest BCUT2D eigenvalue weighted by Gasteiger charge is 2.08. The maximum absolute atomic E-state index is 10.9. The zero-order valence-electron chi connectivity index (χ0n) is 10.5. The van der Waals surface area contributed by atoms with Crippen molar-refractivity contribution in [2.45, 2.75) is 13.0 Å². The third kappa shape index (κ3) is 5.38. The molecule has 0 fully saturated rings. The van der Waals surface area contributed by atoms with Crippen molar-refractivity contribution in [2.75, 3.05) is 25.7 Å². The van der Waals surface area contributed by atoms with Crippen molar-refractivity contribution in [1.29, 1.82) is 0 Å². The number of hydrogen-bond donors (Lipinski definition) is 1. The number of benzene rings is 1. The SMILES string of the molecule is COc1c(Br)cc(Br)cc1CNCCCS(C)=O. The molecule has 0 radical (unpaired) electrons. The molecule has 1 rings (SSSR count). The predicted molar refractivity (Wildman–Crippen MR) is 83.7 cm³/mol. The summed E-state index contributed by atoms with van der Waals surface area (Å²) in [6.07, 6.45) is 2.65. The smallest absolute Gasteiger partial charge is 0.137 e. The van der Waals surface area contributed by atoms with Crippen LogP contribution in [-0.4, -0.2) is 29.9 Å². The van der Waals surface area contributed by atoms with Gasteiger partial charge in [0.25, 0.3) is 0 Å². The van der Waals surface area contributed by atoms with Crippen LogP contribution >= 0.6 is 31.9 Å². The minimum atomic E-state index is -0.707. The zero-order valence-corrected chi connectivity index (χ0v) is 14.5. The largest absolute Gasteiger partial charge is 0.495 e. The van der Waals surface area contributed by atoms with Crippen molar-refractivity contribution in [3.63, 3.8) is 0 Å². The van der Waals surface area contributed by atoms with E-state index < -0.39 is 10.8 Å². The fraction of sp³-hybridized carbons (Fsp3) is 0.500. The molecule has 6 heteroatoms. The zero-order chi connectivity index (χ0) is 13.5. The average Bonchev–Trinajstić information content (AvgIpc) is 2.27. The van der Waals surface area contributed by atoms with Gasteiger partial charge in [0.2, 0.25) is 0 Å². The van der Waals surface area contributed by atoms with Crippen molar-refractivity contribution in [2.24, 2.45) is 0 Å². The normalized spacial score (nSPS) is 12.4. The fourth-order valence-electron chi connectivity index (χ4n) is 1.60. The molecule has 0 spiro atoms. The first-order valence-electron chi connectivity index (χ1n) is 5.57. The maximum Gasteiger partial charge on any atom is 0.137 e. The number of nitrogens with one attached hydrogen (secondary N) is 1. The summed E-state index contributed by atoms with van der Waals surface area (Å²) < 4.78 is 18.2. The topological polar surface area (TPSA) is 38.3 Å². The summed E-state index contributed by atoms with van der Waals surface area (Å²) in [5.74, 6) is 1.59. The highest BCUT2D eigenvalue weighted by atomic mass is 79.9. The number of halogens is 2. The number of rotatable bonds is 7. The molecule has 0 saturated heterocycles. The summed E-state index contributed by atoms with van der Waals surface area (Å²) in [7, 11) is 0.958. The molecule has 0 bridgehead atoms. The Morgan fingerprint density at radius 1 is 1.39 bits per heavy atom. The van der Waals surface area contributed by atoms with Crippen LogP contribution in [0, 0.1) is 0 Å². The molecule has 1 aromatic carbocycles. The maximum atomic E-state index is 10.9. The molecule has 0 amide bonds. The quantitative estimate of drug-likeness (QED) is 0.717. The molecule has 0 heterocycles. The number of ether oxygens (including phenoxy) is 1. The van der Waals surface area contributed by atoms with Crippen LogP contribution in [0.5, 0.6) is 5.75 Å². The molecule has 0 aromatic heterocycles. The molecule has 1 aromatic rings. The lowest BCUT2D eigenvalue weighted by atomic mass is 10.2. The van der Waals surface area contributed by atoms with Gasteiger partial charge in [0.05, 0.1) is 11.6 Å². The summed E-state index contributed by atoms with van der Waals surface area (Å²) >= 11 is 6.94. The Labute approximate surface area is 127 Å². The first kappa shape index (κ1) is 16.1. The number of hydrogen-bond acceptors (Lipinski definition) is 3. The molecule has 0 aliphatic heterocycles. The lowest BCUT2D eigenvalue weighted by Crippen LogP contribution is -2.17. The monoisotopic (exact) mass is 397 g/mol. The highest BCUT2D eigenvalue weighted by molar-refractivity contribution is 9.11. The Morgan fingerprint density at radius 3 is 2.72 bits per heavy atom. The Bertz CT molecular complexity index is 427. The summed E-state index contributed by atoms with van der Waals surface area (Å²) in [6.45, 7) is 1.59. The van der Waals surface area contributed by atoms with Crippen LogP contribution in [0.15, 0.2) is 21.1 Å². The van der Waals surface area contributed by atoms with E-state index in [1.807, 2.05) is 12.1 Å². The molecule has 102 valence electrons. The molecular weight excluding hydrogens is 382 g/mol. The molecule has 1 N–H and O–H groups in total. The molecule has 3 nitrogen and oxygen atoms in total. The van der Waals surface area contributed by atoms with Crippen molar-refractivity contribution >= 4 is 42.7 Å². The van der Waals surface area contributed by atoms with Gasteiger partial charge >= 0.3 is 0 Å². The Morgan fingerprint density at radius 2 is 2.11 bits per heavy atom. The van der Waals surface area contributed by atoms with E-state index in [9.17, 15) is 4.21 Å². The van der Waals surface area contributed by atoms with Crippen LogP contribution in [0.3, 0.4) is 0 Å². The van der Waals surface area contributed by atoms with Gasteiger partial charge in [-0.25, -0.2) is 0 Å². The van der Waals surface area contributed by atoms with E-state index in [1.165, 1.54) is 0 Å². The Hall–Kier alpha value is 0.0900. The molecule has 18 heavy (non-hydrogen) atoms. The van der Waals surface area contributed by atoms with Crippen LogP contribution in [0.25, 0.3) is 0 Å². The molecule has 0 aliphatic carbocycles. The molecule has 0 saturated carbocycles. The lowest BCUT2D eigenvalue weighted by Gasteiger charge is -2.12. The summed E-state index contributed by atoms with van der Waals surface area (Å²) in [5.41, 5.74) is 1.09. The second kappa shape index (κ2) is 8.30. The fourth-order valence-corrected chi connectivity index (χ4v) is 3.62. The van der Waals surface area contributed by atoms with Crippen LogP contribution in [0.1, 0.15) is 12.0 Å². The second-order valence-electron chi connectivity index (χ2n) is 3.89. The van der Waals surface area contributed by atoms with E-state index in [1.54, 1.807) is 13.4 Å². The highest BCUT2D eigenvalue weighted by Crippen LogP contribution is 2.32.